The van der Waals surface area contributed by atoms with E-state index in [9.17, 15) is 0 Å². The molecule has 1 aromatic carbocycles. The Kier molecular flexibility index (Phi) is 3.90. The van der Waals surface area contributed by atoms with Crippen molar-refractivity contribution >= 4 is 45.6 Å². The van der Waals surface area contributed by atoms with Gasteiger partial charge in [0.2, 0.25) is 0 Å². The molecule has 3 aromatic rings. The normalized spacial score (nSPS) is 10.8. The number of benzene rings is 1. The molecule has 2 aromatic heterocycles. The Balaban J connectivity index is 2.06. The second-order valence-corrected chi connectivity index (χ2v) is 5.26. The molecule has 0 aliphatic carbocycles. The number of pyridine rings is 1. The second kappa shape index (κ2) is 5.84. The number of aryl methyl sites for hydroxylation is 1. The van der Waals surface area contributed by atoms with E-state index in [4.69, 9.17) is 23.2 Å². The highest BCUT2D eigenvalue weighted by atomic mass is 35.5. The average molecular weight is 319 g/mol. The minimum Gasteiger partial charge on any atom is -0.338 e. The summed E-state index contributed by atoms with van der Waals surface area (Å²) < 4.78 is 0. The minimum atomic E-state index is 0.413. The lowest BCUT2D eigenvalue weighted by molar-refractivity contribution is 0.943. The number of hydrogen-bond acceptors (Lipinski definition) is 4. The maximum atomic E-state index is 6.19. The van der Waals surface area contributed by atoms with E-state index >= 15 is 0 Å². The van der Waals surface area contributed by atoms with Crippen molar-refractivity contribution in [3.05, 3.63) is 52.5 Å². The SMILES string of the molecule is CCc1nc(Cl)cc(Nc2ccc(Cl)c3cccnc23)n1. The molecular weight excluding hydrogens is 307 g/mol. The summed E-state index contributed by atoms with van der Waals surface area (Å²) in [6.07, 6.45) is 2.45. The van der Waals surface area contributed by atoms with Crippen LogP contribution in [-0.2, 0) is 6.42 Å². The first-order valence-corrected chi connectivity index (χ1v) is 7.26. The third-order valence-electron chi connectivity index (χ3n) is 3.04. The first-order valence-electron chi connectivity index (χ1n) is 6.51. The van der Waals surface area contributed by atoms with Crippen LogP contribution in [0, 0.1) is 0 Å². The molecule has 21 heavy (non-hydrogen) atoms. The summed E-state index contributed by atoms with van der Waals surface area (Å²) in [6.45, 7) is 1.98. The number of rotatable bonds is 3. The monoisotopic (exact) mass is 318 g/mol. The molecule has 0 saturated carbocycles. The Morgan fingerprint density at radius 1 is 1.14 bits per heavy atom. The molecule has 0 fully saturated rings. The number of aromatic nitrogens is 3. The molecule has 106 valence electrons. The van der Waals surface area contributed by atoms with E-state index in [-0.39, 0.29) is 0 Å². The van der Waals surface area contributed by atoms with Gasteiger partial charge in [-0.1, -0.05) is 30.1 Å². The maximum absolute atomic E-state index is 6.19. The highest BCUT2D eigenvalue weighted by molar-refractivity contribution is 6.35. The van der Waals surface area contributed by atoms with E-state index in [1.165, 1.54) is 0 Å². The van der Waals surface area contributed by atoms with Crippen LogP contribution in [0.15, 0.2) is 36.5 Å². The highest BCUT2D eigenvalue weighted by Gasteiger charge is 2.08. The van der Waals surface area contributed by atoms with Gasteiger partial charge in [0, 0.05) is 24.1 Å². The number of fused-ring (bicyclic) bond motifs is 1. The minimum absolute atomic E-state index is 0.413. The van der Waals surface area contributed by atoms with E-state index < -0.39 is 0 Å². The van der Waals surface area contributed by atoms with Gasteiger partial charge in [0.1, 0.15) is 16.8 Å². The molecule has 0 saturated heterocycles. The van der Waals surface area contributed by atoms with Gasteiger partial charge in [-0.15, -0.1) is 0 Å². The van der Waals surface area contributed by atoms with Crippen LogP contribution in [0.3, 0.4) is 0 Å². The van der Waals surface area contributed by atoms with Crippen molar-refractivity contribution in [2.75, 3.05) is 5.32 Å². The summed E-state index contributed by atoms with van der Waals surface area (Å²) in [5.74, 6) is 1.33. The van der Waals surface area contributed by atoms with Gasteiger partial charge in [-0.25, -0.2) is 9.97 Å². The topological polar surface area (TPSA) is 50.7 Å². The van der Waals surface area contributed by atoms with Crippen LogP contribution in [0.1, 0.15) is 12.7 Å². The predicted octanol–water partition coefficient (Wildman–Crippen LogP) is 4.64. The van der Waals surface area contributed by atoms with Crippen LogP contribution >= 0.6 is 23.2 Å². The van der Waals surface area contributed by atoms with Crippen molar-refractivity contribution in [3.63, 3.8) is 0 Å². The van der Waals surface area contributed by atoms with Crippen molar-refractivity contribution in [1.82, 2.24) is 15.0 Å². The fraction of sp³-hybridized carbons (Fsp3) is 0.133. The van der Waals surface area contributed by atoms with Crippen LogP contribution in [0.4, 0.5) is 11.5 Å². The van der Waals surface area contributed by atoms with Gasteiger partial charge in [-0.2, -0.15) is 0 Å². The van der Waals surface area contributed by atoms with Crippen molar-refractivity contribution in [2.24, 2.45) is 0 Å². The summed E-state index contributed by atoms with van der Waals surface area (Å²) in [7, 11) is 0. The Hall–Kier alpha value is -1.91. The van der Waals surface area contributed by atoms with E-state index in [1.54, 1.807) is 12.3 Å². The van der Waals surface area contributed by atoms with Gasteiger partial charge >= 0.3 is 0 Å². The van der Waals surface area contributed by atoms with Gasteiger partial charge in [0.05, 0.1) is 16.2 Å². The lowest BCUT2D eigenvalue weighted by atomic mass is 10.2. The molecule has 0 amide bonds. The third-order valence-corrected chi connectivity index (χ3v) is 3.56. The number of halogens is 2. The standard InChI is InChI=1S/C15H12Cl2N4/c1-2-13-20-12(17)8-14(21-13)19-11-6-5-10(16)9-4-3-7-18-15(9)11/h3-8H,2H2,1H3,(H,19,20,21). The van der Waals surface area contributed by atoms with Crippen LogP contribution in [0.5, 0.6) is 0 Å². The zero-order valence-corrected chi connectivity index (χ0v) is 12.8. The molecular formula is C15H12Cl2N4. The molecule has 0 aliphatic rings. The zero-order chi connectivity index (χ0) is 14.8. The molecule has 0 atom stereocenters. The molecule has 6 heteroatoms. The highest BCUT2D eigenvalue weighted by Crippen LogP contribution is 2.29. The fourth-order valence-electron chi connectivity index (χ4n) is 2.06. The van der Waals surface area contributed by atoms with E-state index in [0.717, 1.165) is 23.0 Å². The number of anilines is 2. The Morgan fingerprint density at radius 2 is 2.00 bits per heavy atom. The molecule has 2 heterocycles. The average Bonchev–Trinajstić information content (AvgIpc) is 2.50. The first kappa shape index (κ1) is 14.0. The predicted molar refractivity (Wildman–Crippen MR) is 86.5 cm³/mol. The molecule has 1 N–H and O–H groups in total. The van der Waals surface area contributed by atoms with Crippen LogP contribution in [-0.4, -0.2) is 15.0 Å². The van der Waals surface area contributed by atoms with Crippen LogP contribution < -0.4 is 5.32 Å². The van der Waals surface area contributed by atoms with E-state index in [0.29, 0.717) is 21.8 Å². The van der Waals surface area contributed by atoms with Gasteiger partial charge in [0.15, 0.2) is 0 Å². The summed E-state index contributed by atoms with van der Waals surface area (Å²) in [5, 5.41) is 5.20. The first-order chi connectivity index (χ1) is 10.2. The molecule has 0 unspecified atom stereocenters. The Labute approximate surface area is 132 Å². The summed E-state index contributed by atoms with van der Waals surface area (Å²) in [6, 6.07) is 9.18. The molecule has 0 bridgehead atoms. The second-order valence-electron chi connectivity index (χ2n) is 4.47. The summed E-state index contributed by atoms with van der Waals surface area (Å²) in [4.78, 5) is 12.9. The van der Waals surface area contributed by atoms with E-state index in [2.05, 4.69) is 20.3 Å². The number of hydrogen-bond donors (Lipinski definition) is 1. The summed E-state index contributed by atoms with van der Waals surface area (Å²) >= 11 is 12.2. The Bertz CT molecular complexity index is 805. The number of nitrogens with one attached hydrogen (secondary N) is 1. The number of nitrogens with zero attached hydrogens (tertiary/aromatic N) is 3. The molecule has 4 nitrogen and oxygen atoms in total. The molecule has 0 spiro atoms. The third kappa shape index (κ3) is 2.91. The van der Waals surface area contributed by atoms with Crippen LogP contribution in [0.2, 0.25) is 10.2 Å². The van der Waals surface area contributed by atoms with Crippen molar-refractivity contribution in [2.45, 2.75) is 13.3 Å². The smallest absolute Gasteiger partial charge is 0.135 e. The quantitative estimate of drug-likeness (QED) is 0.715. The molecule has 0 radical (unpaired) electrons. The maximum Gasteiger partial charge on any atom is 0.135 e. The van der Waals surface area contributed by atoms with Gasteiger partial charge < -0.3 is 5.32 Å². The van der Waals surface area contributed by atoms with Crippen molar-refractivity contribution in [3.8, 4) is 0 Å². The van der Waals surface area contributed by atoms with Gasteiger partial charge in [-0.3, -0.25) is 4.98 Å². The van der Waals surface area contributed by atoms with Crippen molar-refractivity contribution < 1.29 is 0 Å². The van der Waals surface area contributed by atoms with Crippen molar-refractivity contribution in [1.29, 1.82) is 0 Å². The largest absolute Gasteiger partial charge is 0.338 e. The van der Waals surface area contributed by atoms with Gasteiger partial charge in [0.25, 0.3) is 0 Å². The van der Waals surface area contributed by atoms with Crippen LogP contribution in [0.25, 0.3) is 10.9 Å². The Morgan fingerprint density at radius 3 is 2.81 bits per heavy atom. The zero-order valence-electron chi connectivity index (χ0n) is 11.3. The summed E-state index contributed by atoms with van der Waals surface area (Å²) in [5.41, 5.74) is 1.62. The molecule has 0 aliphatic heterocycles. The van der Waals surface area contributed by atoms with Gasteiger partial charge in [-0.05, 0) is 24.3 Å². The molecule has 3 rings (SSSR count). The van der Waals surface area contributed by atoms with E-state index in [1.807, 2.05) is 31.2 Å². The fourth-order valence-corrected chi connectivity index (χ4v) is 2.48. The lowest BCUT2D eigenvalue weighted by Gasteiger charge is -2.10. The lowest BCUT2D eigenvalue weighted by Crippen LogP contribution is -2.00.